The summed E-state index contributed by atoms with van der Waals surface area (Å²) in [6.07, 6.45) is 0. The number of aromatic nitrogens is 4. The van der Waals surface area contributed by atoms with Gasteiger partial charge in [0.15, 0.2) is 5.82 Å². The van der Waals surface area contributed by atoms with E-state index in [0.717, 1.165) is 11.3 Å². The first kappa shape index (κ1) is 20.8. The molecule has 0 saturated heterocycles. The molecule has 0 aliphatic rings. The Labute approximate surface area is 176 Å². The minimum Gasteiger partial charge on any atom is -0.358 e. The van der Waals surface area contributed by atoms with E-state index in [9.17, 15) is 14.9 Å². The van der Waals surface area contributed by atoms with Gasteiger partial charge in [0, 0.05) is 21.8 Å². The van der Waals surface area contributed by atoms with Crippen LogP contribution in [0.2, 0.25) is 10.0 Å². The number of nitrogens with zero attached hydrogens (tertiary/aromatic N) is 5. The van der Waals surface area contributed by atoms with E-state index < -0.39 is 11.0 Å². The molecule has 0 aliphatic heterocycles. The summed E-state index contributed by atoms with van der Waals surface area (Å²) in [4.78, 5) is 22.9. The molecule has 29 heavy (non-hydrogen) atoms. The molecule has 2 aromatic heterocycles. The van der Waals surface area contributed by atoms with Crippen molar-refractivity contribution in [2.75, 3.05) is 5.32 Å². The van der Waals surface area contributed by atoms with Gasteiger partial charge in [0.25, 0.3) is 5.91 Å². The van der Waals surface area contributed by atoms with Gasteiger partial charge in [0.05, 0.1) is 23.4 Å². The van der Waals surface area contributed by atoms with Crippen molar-refractivity contribution in [1.29, 1.82) is 0 Å². The molecule has 1 atom stereocenters. The zero-order valence-electron chi connectivity index (χ0n) is 15.9. The fraction of sp³-hybridized carbons (Fsp3) is 0.278. The van der Waals surface area contributed by atoms with Crippen LogP contribution in [0.25, 0.3) is 0 Å². The Balaban J connectivity index is 1.74. The first-order valence-electron chi connectivity index (χ1n) is 8.65. The topological polar surface area (TPSA) is 108 Å². The number of halogens is 2. The maximum atomic E-state index is 12.6. The summed E-state index contributed by atoms with van der Waals surface area (Å²) in [7, 11) is 0. The van der Waals surface area contributed by atoms with Gasteiger partial charge in [0.2, 0.25) is 0 Å². The zero-order chi connectivity index (χ0) is 21.3. The maximum Gasteiger partial charge on any atom is 0.390 e. The van der Waals surface area contributed by atoms with Crippen LogP contribution in [0.5, 0.6) is 0 Å². The quantitative estimate of drug-likeness (QED) is 0.460. The number of hydrogen-bond acceptors (Lipinski definition) is 5. The van der Waals surface area contributed by atoms with Crippen LogP contribution in [0.3, 0.4) is 0 Å². The molecule has 1 aromatic carbocycles. The van der Waals surface area contributed by atoms with Crippen molar-refractivity contribution in [3.63, 3.8) is 0 Å². The molecule has 1 amide bonds. The van der Waals surface area contributed by atoms with E-state index in [-0.39, 0.29) is 11.7 Å². The number of carbonyl (C=O) groups excluding carboxylic acids is 1. The molecule has 0 saturated carbocycles. The number of amides is 1. The molecular formula is C18H18Cl2N6O3. The van der Waals surface area contributed by atoms with Crippen molar-refractivity contribution < 1.29 is 9.72 Å². The molecule has 0 bridgehead atoms. The van der Waals surface area contributed by atoms with Crippen molar-refractivity contribution in [3.05, 3.63) is 67.4 Å². The molecule has 2 heterocycles. The third-order valence-corrected chi connectivity index (χ3v) is 5.00. The Morgan fingerprint density at radius 3 is 2.55 bits per heavy atom. The number of rotatable bonds is 6. The van der Waals surface area contributed by atoms with Crippen LogP contribution in [0, 0.1) is 24.0 Å². The summed E-state index contributed by atoms with van der Waals surface area (Å²) in [5.41, 5.74) is 2.18. The van der Waals surface area contributed by atoms with Gasteiger partial charge < -0.3 is 15.4 Å². The van der Waals surface area contributed by atoms with E-state index in [4.69, 9.17) is 23.2 Å². The van der Waals surface area contributed by atoms with Gasteiger partial charge in [-0.2, -0.15) is 9.78 Å². The lowest BCUT2D eigenvalue weighted by molar-refractivity contribution is -0.389. The largest absolute Gasteiger partial charge is 0.390 e. The van der Waals surface area contributed by atoms with E-state index in [0.29, 0.717) is 28.1 Å². The zero-order valence-corrected chi connectivity index (χ0v) is 17.4. The second kappa shape index (κ2) is 8.22. The number of benzene rings is 1. The van der Waals surface area contributed by atoms with Crippen molar-refractivity contribution in [1.82, 2.24) is 19.6 Å². The van der Waals surface area contributed by atoms with Crippen LogP contribution in [0.15, 0.2) is 30.3 Å². The lowest BCUT2D eigenvalue weighted by Gasteiger charge is -2.10. The summed E-state index contributed by atoms with van der Waals surface area (Å²) in [6, 6.07) is 7.52. The second-order valence-corrected chi connectivity index (χ2v) is 7.42. The highest BCUT2D eigenvalue weighted by atomic mass is 35.5. The Kier molecular flexibility index (Phi) is 5.90. The molecule has 0 fully saturated rings. The molecule has 1 N–H and O–H groups in total. The minimum absolute atomic E-state index is 0.304. The summed E-state index contributed by atoms with van der Waals surface area (Å²) < 4.78 is 3.02. The van der Waals surface area contributed by atoms with Gasteiger partial charge in [-0.1, -0.05) is 29.3 Å². The van der Waals surface area contributed by atoms with E-state index in [1.807, 2.05) is 13.0 Å². The fourth-order valence-corrected chi connectivity index (χ4v) is 3.30. The van der Waals surface area contributed by atoms with Crippen molar-refractivity contribution in [3.8, 4) is 0 Å². The highest BCUT2D eigenvalue weighted by Gasteiger charge is 2.25. The number of hydrogen-bond donors (Lipinski definition) is 1. The summed E-state index contributed by atoms with van der Waals surface area (Å²) in [5.74, 6) is -0.328. The van der Waals surface area contributed by atoms with E-state index in [1.165, 1.54) is 10.7 Å². The van der Waals surface area contributed by atoms with Crippen LogP contribution in [0.4, 0.5) is 11.6 Å². The Morgan fingerprint density at radius 1 is 1.21 bits per heavy atom. The Morgan fingerprint density at radius 2 is 1.93 bits per heavy atom. The van der Waals surface area contributed by atoms with E-state index >= 15 is 0 Å². The van der Waals surface area contributed by atoms with E-state index in [2.05, 4.69) is 15.5 Å². The molecule has 9 nitrogen and oxygen atoms in total. The van der Waals surface area contributed by atoms with Crippen LogP contribution < -0.4 is 5.32 Å². The second-order valence-electron chi connectivity index (χ2n) is 6.58. The predicted molar refractivity (Wildman–Crippen MR) is 109 cm³/mol. The highest BCUT2D eigenvalue weighted by Crippen LogP contribution is 2.23. The summed E-state index contributed by atoms with van der Waals surface area (Å²) in [6.45, 7) is 5.53. The van der Waals surface area contributed by atoms with Crippen LogP contribution >= 0.6 is 23.2 Å². The summed E-state index contributed by atoms with van der Waals surface area (Å²) in [5, 5.41) is 23.0. The van der Waals surface area contributed by atoms with Gasteiger partial charge in [0.1, 0.15) is 6.04 Å². The van der Waals surface area contributed by atoms with Gasteiger partial charge in [-0.05, 0) is 43.4 Å². The minimum atomic E-state index is -0.750. The first-order chi connectivity index (χ1) is 13.7. The maximum absolute atomic E-state index is 12.6. The third-order valence-electron chi connectivity index (χ3n) is 4.41. The smallest absolute Gasteiger partial charge is 0.358 e. The van der Waals surface area contributed by atoms with Crippen LogP contribution in [-0.4, -0.2) is 30.4 Å². The van der Waals surface area contributed by atoms with Crippen molar-refractivity contribution in [2.24, 2.45) is 0 Å². The molecular weight excluding hydrogens is 419 g/mol. The number of anilines is 1. The first-order valence-corrected chi connectivity index (χ1v) is 9.41. The lowest BCUT2D eigenvalue weighted by atomic mass is 10.2. The molecule has 152 valence electrons. The molecule has 0 spiro atoms. The molecule has 11 heteroatoms. The van der Waals surface area contributed by atoms with Crippen LogP contribution in [0.1, 0.15) is 29.9 Å². The summed E-state index contributed by atoms with van der Waals surface area (Å²) >= 11 is 12.1. The standard InChI is InChI=1S/C18H18Cl2N6O3/c1-10-6-16(22-24(10)9-13-4-5-14(19)8-15(13)20)21-18(27)12(3)25-11(2)7-17(23-25)26(28)29/h4-8,12H,9H2,1-3H3,(H,21,22,27). The SMILES string of the molecule is Cc1cc(NC(=O)C(C)n2nc([N+](=O)[O-])cc2C)nn1Cc1ccc(Cl)cc1Cl. The van der Waals surface area contributed by atoms with E-state index in [1.54, 1.807) is 36.7 Å². The highest BCUT2D eigenvalue weighted by molar-refractivity contribution is 6.35. The van der Waals surface area contributed by atoms with Gasteiger partial charge in [-0.3, -0.25) is 9.48 Å². The van der Waals surface area contributed by atoms with Gasteiger partial charge in [-0.15, -0.1) is 0 Å². The monoisotopic (exact) mass is 436 g/mol. The van der Waals surface area contributed by atoms with Crippen molar-refractivity contribution in [2.45, 2.75) is 33.4 Å². The third kappa shape index (κ3) is 4.57. The lowest BCUT2D eigenvalue weighted by Crippen LogP contribution is -2.25. The van der Waals surface area contributed by atoms with Crippen molar-refractivity contribution >= 4 is 40.7 Å². The molecule has 3 rings (SSSR count). The predicted octanol–water partition coefficient (Wildman–Crippen LogP) is 4.16. The number of aryl methyl sites for hydroxylation is 2. The normalized spacial score (nSPS) is 12.0. The molecule has 3 aromatic rings. The average Bonchev–Trinajstić information content (AvgIpc) is 3.19. The molecule has 0 aliphatic carbocycles. The Hall–Kier alpha value is -2.91. The van der Waals surface area contributed by atoms with Crippen LogP contribution in [-0.2, 0) is 11.3 Å². The number of carbonyl (C=O) groups is 1. The fourth-order valence-electron chi connectivity index (χ4n) is 2.84. The molecule has 0 radical (unpaired) electrons. The van der Waals surface area contributed by atoms with Gasteiger partial charge >= 0.3 is 5.82 Å². The molecule has 1 unspecified atom stereocenters. The van der Waals surface area contributed by atoms with Gasteiger partial charge in [-0.25, -0.2) is 0 Å². The number of nitrogens with one attached hydrogen (secondary N) is 1. The average molecular weight is 437 g/mol. The number of nitro groups is 1. The Bertz CT molecular complexity index is 1090.